The first kappa shape index (κ1) is 9.91. The number of nitrogens with two attached hydrogens (primary N) is 1. The summed E-state index contributed by atoms with van der Waals surface area (Å²) in [5.41, 5.74) is 0. The van der Waals surface area contributed by atoms with Gasteiger partial charge in [-0.15, -0.1) is 0 Å². The van der Waals surface area contributed by atoms with Gasteiger partial charge in [0.15, 0.2) is 0 Å². The van der Waals surface area contributed by atoms with E-state index in [9.17, 15) is 8.42 Å². The predicted molar refractivity (Wildman–Crippen MR) is 42.6 cm³/mol. The van der Waals surface area contributed by atoms with Gasteiger partial charge in [0.2, 0.25) is 0 Å². The molecule has 1 aliphatic heterocycles. The van der Waals surface area contributed by atoms with Crippen molar-refractivity contribution in [2.75, 3.05) is 13.2 Å². The van der Waals surface area contributed by atoms with Crippen molar-refractivity contribution >= 4 is 10.3 Å². The summed E-state index contributed by atoms with van der Waals surface area (Å²) in [6.07, 6.45) is 0.892. The molecular weight excluding hydrogens is 182 g/mol. The minimum absolute atomic E-state index is 0.0618. The molecule has 0 aromatic heterocycles. The summed E-state index contributed by atoms with van der Waals surface area (Å²) in [5, 5.41) is 4.67. The van der Waals surface area contributed by atoms with E-state index in [1.165, 1.54) is 0 Å². The van der Waals surface area contributed by atoms with E-state index in [1.54, 1.807) is 0 Å². The Bertz CT molecular complexity index is 238. The normalized spacial score (nSPS) is 30.8. The van der Waals surface area contributed by atoms with Crippen LogP contribution in [0, 0.1) is 5.92 Å². The second-order valence-corrected chi connectivity index (χ2v) is 4.12. The standard InChI is InChI=1S/C6H13NO4S/c1-5-6(2-3-10-5)4-11-12(7,8)9/h5-6H,2-4H2,1H3,(H2,7,8,9). The second kappa shape index (κ2) is 3.69. The number of hydrogen-bond donors (Lipinski definition) is 1. The summed E-state index contributed by atoms with van der Waals surface area (Å²) < 4.78 is 30.5. The van der Waals surface area contributed by atoms with Crippen molar-refractivity contribution in [3.05, 3.63) is 0 Å². The van der Waals surface area contributed by atoms with Gasteiger partial charge in [-0.3, -0.25) is 4.18 Å². The molecule has 1 saturated heterocycles. The van der Waals surface area contributed by atoms with Crippen molar-refractivity contribution in [2.24, 2.45) is 11.1 Å². The van der Waals surface area contributed by atoms with Gasteiger partial charge in [-0.1, -0.05) is 0 Å². The van der Waals surface area contributed by atoms with E-state index >= 15 is 0 Å². The van der Waals surface area contributed by atoms with Crippen molar-refractivity contribution in [2.45, 2.75) is 19.4 Å². The average molecular weight is 195 g/mol. The minimum atomic E-state index is -3.79. The first-order valence-electron chi connectivity index (χ1n) is 3.78. The molecule has 0 spiro atoms. The molecule has 2 unspecified atom stereocenters. The molecule has 6 heteroatoms. The summed E-state index contributed by atoms with van der Waals surface area (Å²) >= 11 is 0. The van der Waals surface area contributed by atoms with Crippen LogP contribution in [0.1, 0.15) is 13.3 Å². The molecule has 1 fully saturated rings. The highest BCUT2D eigenvalue weighted by atomic mass is 32.2. The van der Waals surface area contributed by atoms with E-state index in [2.05, 4.69) is 9.32 Å². The van der Waals surface area contributed by atoms with E-state index < -0.39 is 10.3 Å². The lowest BCUT2D eigenvalue weighted by atomic mass is 10.1. The van der Waals surface area contributed by atoms with Crippen LogP contribution in [0.5, 0.6) is 0 Å². The highest BCUT2D eigenvalue weighted by Crippen LogP contribution is 2.20. The lowest BCUT2D eigenvalue weighted by Gasteiger charge is -2.12. The maximum absolute atomic E-state index is 10.4. The van der Waals surface area contributed by atoms with E-state index in [-0.39, 0.29) is 18.6 Å². The van der Waals surface area contributed by atoms with Crippen molar-refractivity contribution in [3.8, 4) is 0 Å². The summed E-state index contributed by atoms with van der Waals surface area (Å²) in [7, 11) is -3.79. The van der Waals surface area contributed by atoms with Gasteiger partial charge in [-0.2, -0.15) is 8.42 Å². The Morgan fingerprint density at radius 3 is 2.75 bits per heavy atom. The van der Waals surface area contributed by atoms with Crippen LogP contribution < -0.4 is 5.14 Å². The lowest BCUT2D eigenvalue weighted by Crippen LogP contribution is -2.23. The zero-order valence-corrected chi connectivity index (χ0v) is 7.71. The summed E-state index contributed by atoms with van der Waals surface area (Å²) in [6, 6.07) is 0. The number of ether oxygens (including phenoxy) is 1. The molecule has 1 rings (SSSR count). The van der Waals surface area contributed by atoms with Crippen LogP contribution in [0.2, 0.25) is 0 Å². The van der Waals surface area contributed by atoms with Crippen LogP contribution in [-0.4, -0.2) is 27.7 Å². The van der Waals surface area contributed by atoms with E-state index in [1.807, 2.05) is 6.92 Å². The van der Waals surface area contributed by atoms with Gasteiger partial charge in [0.05, 0.1) is 12.7 Å². The summed E-state index contributed by atoms with van der Waals surface area (Å²) in [6.45, 7) is 2.68. The van der Waals surface area contributed by atoms with Gasteiger partial charge in [-0.25, -0.2) is 5.14 Å². The van der Waals surface area contributed by atoms with Gasteiger partial charge in [0.25, 0.3) is 0 Å². The SMILES string of the molecule is CC1OCCC1COS(N)(=O)=O. The Morgan fingerprint density at radius 1 is 1.67 bits per heavy atom. The zero-order valence-electron chi connectivity index (χ0n) is 6.89. The monoisotopic (exact) mass is 195 g/mol. The first-order valence-corrected chi connectivity index (χ1v) is 5.25. The van der Waals surface area contributed by atoms with Gasteiger partial charge in [0.1, 0.15) is 0 Å². The minimum Gasteiger partial charge on any atom is -0.378 e. The molecule has 0 radical (unpaired) electrons. The van der Waals surface area contributed by atoms with Gasteiger partial charge < -0.3 is 4.74 Å². The summed E-state index contributed by atoms with van der Waals surface area (Å²) in [4.78, 5) is 0. The first-order chi connectivity index (χ1) is 5.49. The van der Waals surface area contributed by atoms with Crippen molar-refractivity contribution in [1.82, 2.24) is 0 Å². The van der Waals surface area contributed by atoms with Crippen molar-refractivity contribution in [3.63, 3.8) is 0 Å². The lowest BCUT2D eigenvalue weighted by molar-refractivity contribution is 0.0916. The van der Waals surface area contributed by atoms with Crippen LogP contribution in [0.25, 0.3) is 0 Å². The Balaban J connectivity index is 2.32. The second-order valence-electron chi connectivity index (χ2n) is 2.90. The molecule has 0 bridgehead atoms. The molecule has 0 aliphatic carbocycles. The number of rotatable bonds is 3. The fourth-order valence-electron chi connectivity index (χ4n) is 1.18. The molecular formula is C6H13NO4S. The maximum Gasteiger partial charge on any atom is 0.333 e. The smallest absolute Gasteiger partial charge is 0.333 e. The third-order valence-electron chi connectivity index (χ3n) is 1.98. The fraction of sp³-hybridized carbons (Fsp3) is 1.00. The van der Waals surface area contributed by atoms with Crippen molar-refractivity contribution < 1.29 is 17.3 Å². The zero-order chi connectivity index (χ0) is 9.19. The Labute approximate surface area is 72.1 Å². The number of hydrogen-bond acceptors (Lipinski definition) is 4. The molecule has 0 aromatic rings. The average Bonchev–Trinajstić information content (AvgIpc) is 2.29. The molecule has 72 valence electrons. The Kier molecular flexibility index (Phi) is 3.05. The molecule has 0 saturated carbocycles. The molecule has 1 aliphatic rings. The van der Waals surface area contributed by atoms with Gasteiger partial charge in [-0.05, 0) is 13.3 Å². The largest absolute Gasteiger partial charge is 0.378 e. The quantitative estimate of drug-likeness (QED) is 0.666. The molecule has 2 N–H and O–H groups in total. The van der Waals surface area contributed by atoms with E-state index in [0.717, 1.165) is 6.42 Å². The molecule has 0 amide bonds. The van der Waals surface area contributed by atoms with E-state index in [0.29, 0.717) is 6.61 Å². The third-order valence-corrected chi connectivity index (χ3v) is 2.44. The molecule has 2 atom stereocenters. The van der Waals surface area contributed by atoms with E-state index in [4.69, 9.17) is 4.74 Å². The molecule has 12 heavy (non-hydrogen) atoms. The fourth-order valence-corrected chi connectivity index (χ4v) is 1.54. The highest BCUT2D eigenvalue weighted by molar-refractivity contribution is 7.84. The predicted octanol–water partition coefficient (Wildman–Crippen LogP) is -0.368. The topological polar surface area (TPSA) is 78.6 Å². The van der Waals surface area contributed by atoms with Crippen LogP contribution >= 0.6 is 0 Å². The Morgan fingerprint density at radius 2 is 2.33 bits per heavy atom. The van der Waals surface area contributed by atoms with Crippen LogP contribution in [0.4, 0.5) is 0 Å². The molecule has 0 aromatic carbocycles. The molecule has 5 nitrogen and oxygen atoms in total. The third kappa shape index (κ3) is 3.06. The molecule has 1 heterocycles. The van der Waals surface area contributed by atoms with Crippen LogP contribution in [0.3, 0.4) is 0 Å². The van der Waals surface area contributed by atoms with Gasteiger partial charge >= 0.3 is 10.3 Å². The summed E-state index contributed by atoms with van der Waals surface area (Å²) in [5.74, 6) is 0.142. The van der Waals surface area contributed by atoms with Gasteiger partial charge in [0, 0.05) is 12.5 Å². The Hall–Kier alpha value is -0.170. The van der Waals surface area contributed by atoms with Crippen LogP contribution in [-0.2, 0) is 19.2 Å². The maximum atomic E-state index is 10.4. The van der Waals surface area contributed by atoms with Crippen molar-refractivity contribution in [1.29, 1.82) is 0 Å². The highest BCUT2D eigenvalue weighted by Gasteiger charge is 2.25. The van der Waals surface area contributed by atoms with Crippen LogP contribution in [0.15, 0.2) is 0 Å².